The van der Waals surface area contributed by atoms with Crippen molar-refractivity contribution < 1.29 is 22.8 Å². The van der Waals surface area contributed by atoms with Gasteiger partial charge in [0.15, 0.2) is 0 Å². The summed E-state index contributed by atoms with van der Waals surface area (Å²) in [6.45, 7) is 1.27. The van der Waals surface area contributed by atoms with Gasteiger partial charge in [-0.1, -0.05) is 6.07 Å². The number of amides is 2. The van der Waals surface area contributed by atoms with Crippen LogP contribution >= 0.6 is 11.3 Å². The lowest BCUT2D eigenvalue weighted by atomic mass is 10.1. The van der Waals surface area contributed by atoms with Crippen LogP contribution in [0.3, 0.4) is 0 Å². The minimum absolute atomic E-state index is 0.00568. The van der Waals surface area contributed by atoms with Crippen molar-refractivity contribution in [3.63, 3.8) is 0 Å². The van der Waals surface area contributed by atoms with Gasteiger partial charge in [0.05, 0.1) is 16.8 Å². The Morgan fingerprint density at radius 1 is 1.04 bits per heavy atom. The lowest BCUT2D eigenvalue weighted by molar-refractivity contribution is -0.137. The lowest BCUT2D eigenvalue weighted by Gasteiger charge is -2.34. The number of aromatic nitrogens is 1. The summed E-state index contributed by atoms with van der Waals surface area (Å²) in [5, 5.41) is 1.00. The molecular formula is C19H18F3N3O2S. The molecule has 0 bridgehead atoms. The minimum atomic E-state index is -4.49. The third-order valence-electron chi connectivity index (χ3n) is 4.95. The summed E-state index contributed by atoms with van der Waals surface area (Å²) in [5.41, 5.74) is -0.838. The molecule has 5 nitrogen and oxygen atoms in total. The number of hydrogen-bond acceptors (Lipinski definition) is 4. The van der Waals surface area contributed by atoms with Gasteiger partial charge in [0.25, 0.3) is 11.8 Å². The fraction of sp³-hybridized carbons (Fsp3) is 0.421. The summed E-state index contributed by atoms with van der Waals surface area (Å²) < 4.78 is 38.6. The highest BCUT2D eigenvalue weighted by molar-refractivity contribution is 7.13. The summed E-state index contributed by atoms with van der Waals surface area (Å²) in [6.07, 6.45) is -0.634. The first-order valence-corrected chi connectivity index (χ1v) is 9.86. The molecule has 2 heterocycles. The van der Waals surface area contributed by atoms with E-state index in [0.717, 1.165) is 30.0 Å². The van der Waals surface area contributed by atoms with Gasteiger partial charge in [0, 0.05) is 37.7 Å². The molecule has 0 spiro atoms. The predicted molar refractivity (Wildman–Crippen MR) is 97.3 cm³/mol. The first-order chi connectivity index (χ1) is 13.3. The first kappa shape index (κ1) is 18.9. The Hall–Kier alpha value is -2.42. The van der Waals surface area contributed by atoms with E-state index in [1.165, 1.54) is 28.4 Å². The predicted octanol–water partition coefficient (Wildman–Crippen LogP) is 3.64. The van der Waals surface area contributed by atoms with E-state index in [2.05, 4.69) is 4.98 Å². The Labute approximate surface area is 163 Å². The maximum absolute atomic E-state index is 12.9. The van der Waals surface area contributed by atoms with Crippen LogP contribution in [0.15, 0.2) is 30.5 Å². The smallest absolute Gasteiger partial charge is 0.335 e. The monoisotopic (exact) mass is 409 g/mol. The van der Waals surface area contributed by atoms with Crippen molar-refractivity contribution in [2.24, 2.45) is 0 Å². The van der Waals surface area contributed by atoms with E-state index in [9.17, 15) is 22.8 Å². The Morgan fingerprint density at radius 3 is 2.29 bits per heavy atom. The van der Waals surface area contributed by atoms with Gasteiger partial charge in [0.1, 0.15) is 4.88 Å². The Balaban J connectivity index is 1.38. The zero-order chi connectivity index (χ0) is 19.9. The fourth-order valence-corrected chi connectivity index (χ4v) is 4.24. The number of alkyl halides is 3. The molecule has 1 aromatic carbocycles. The van der Waals surface area contributed by atoms with Gasteiger partial charge in [-0.15, -0.1) is 11.3 Å². The minimum Gasteiger partial charge on any atom is -0.335 e. The molecule has 0 N–H and O–H groups in total. The zero-order valence-corrected chi connectivity index (χ0v) is 15.7. The fourth-order valence-electron chi connectivity index (χ4n) is 3.19. The van der Waals surface area contributed by atoms with Crippen LogP contribution in [0.2, 0.25) is 0 Å². The lowest BCUT2D eigenvalue weighted by Crippen LogP contribution is -2.50. The van der Waals surface area contributed by atoms with Crippen molar-refractivity contribution in [3.05, 3.63) is 51.5 Å². The van der Waals surface area contributed by atoms with Crippen molar-refractivity contribution in [1.82, 2.24) is 14.8 Å². The molecule has 1 aromatic heterocycles. The van der Waals surface area contributed by atoms with Crippen LogP contribution in [0.25, 0.3) is 0 Å². The number of benzene rings is 1. The van der Waals surface area contributed by atoms with E-state index >= 15 is 0 Å². The van der Waals surface area contributed by atoms with Crippen molar-refractivity contribution in [3.8, 4) is 0 Å². The standard InChI is InChI=1S/C19H18F3N3O2S/c20-19(21,22)14-3-1-2-13(10-14)17(26)24-6-8-25(9-7-24)18(27)15-11-23-16(28-15)12-4-5-12/h1-3,10-12H,4-9H2. The average Bonchev–Trinajstić information content (AvgIpc) is 3.43. The maximum Gasteiger partial charge on any atom is 0.416 e. The van der Waals surface area contributed by atoms with Crippen molar-refractivity contribution in [1.29, 1.82) is 0 Å². The molecule has 1 saturated heterocycles. The molecular weight excluding hydrogens is 391 g/mol. The molecule has 9 heteroatoms. The van der Waals surface area contributed by atoms with Gasteiger partial charge in [0.2, 0.25) is 0 Å². The van der Waals surface area contributed by atoms with Crippen LogP contribution < -0.4 is 0 Å². The summed E-state index contributed by atoms with van der Waals surface area (Å²) in [6, 6.07) is 4.43. The number of piperazine rings is 1. The van der Waals surface area contributed by atoms with Crippen molar-refractivity contribution >= 4 is 23.2 Å². The quantitative estimate of drug-likeness (QED) is 0.778. The molecule has 148 valence electrons. The topological polar surface area (TPSA) is 53.5 Å². The normalized spacial score (nSPS) is 17.7. The Morgan fingerprint density at radius 2 is 1.68 bits per heavy atom. The largest absolute Gasteiger partial charge is 0.416 e. The summed E-state index contributed by atoms with van der Waals surface area (Å²) in [5.74, 6) is -0.0592. The van der Waals surface area contributed by atoms with E-state index in [0.29, 0.717) is 23.9 Å². The van der Waals surface area contributed by atoms with Crippen molar-refractivity contribution in [2.45, 2.75) is 24.9 Å². The van der Waals surface area contributed by atoms with Gasteiger partial charge in [-0.05, 0) is 31.0 Å². The van der Waals surface area contributed by atoms with Crippen molar-refractivity contribution in [2.75, 3.05) is 26.2 Å². The van der Waals surface area contributed by atoms with Crippen LogP contribution in [0, 0.1) is 0 Å². The van der Waals surface area contributed by atoms with E-state index < -0.39 is 17.6 Å². The molecule has 0 unspecified atom stereocenters. The molecule has 1 saturated carbocycles. The zero-order valence-electron chi connectivity index (χ0n) is 14.9. The van der Waals surface area contributed by atoms with Crippen LogP contribution in [0.4, 0.5) is 13.2 Å². The van der Waals surface area contributed by atoms with E-state index in [1.54, 1.807) is 11.1 Å². The second kappa shape index (κ2) is 7.20. The van der Waals surface area contributed by atoms with Crippen LogP contribution in [-0.4, -0.2) is 52.8 Å². The van der Waals surface area contributed by atoms with Gasteiger partial charge < -0.3 is 9.80 Å². The summed E-state index contributed by atoms with van der Waals surface area (Å²) in [4.78, 5) is 33.3. The summed E-state index contributed by atoms with van der Waals surface area (Å²) in [7, 11) is 0. The number of rotatable bonds is 3. The molecule has 1 aliphatic carbocycles. The number of thiazole rings is 1. The third-order valence-corrected chi connectivity index (χ3v) is 6.10. The molecule has 28 heavy (non-hydrogen) atoms. The van der Waals surface area contributed by atoms with Crippen LogP contribution in [0.5, 0.6) is 0 Å². The first-order valence-electron chi connectivity index (χ1n) is 9.04. The highest BCUT2D eigenvalue weighted by Gasteiger charge is 2.33. The number of halogens is 3. The third kappa shape index (κ3) is 3.89. The number of nitrogens with zero attached hydrogens (tertiary/aromatic N) is 3. The van der Waals surface area contributed by atoms with Gasteiger partial charge >= 0.3 is 6.18 Å². The molecule has 0 atom stereocenters. The molecule has 1 aliphatic heterocycles. The summed E-state index contributed by atoms with van der Waals surface area (Å²) >= 11 is 1.42. The molecule has 2 aromatic rings. The van der Waals surface area contributed by atoms with E-state index in [1.807, 2.05) is 0 Å². The number of hydrogen-bond donors (Lipinski definition) is 0. The van der Waals surface area contributed by atoms with E-state index in [-0.39, 0.29) is 24.6 Å². The molecule has 2 amide bonds. The molecule has 2 aliphatic rings. The van der Waals surface area contributed by atoms with Gasteiger partial charge in [-0.3, -0.25) is 9.59 Å². The highest BCUT2D eigenvalue weighted by atomic mass is 32.1. The molecule has 0 radical (unpaired) electrons. The highest BCUT2D eigenvalue weighted by Crippen LogP contribution is 2.41. The van der Waals surface area contributed by atoms with E-state index in [4.69, 9.17) is 0 Å². The number of carbonyl (C=O) groups is 2. The Kier molecular flexibility index (Phi) is 4.86. The van der Waals surface area contributed by atoms with Gasteiger partial charge in [-0.2, -0.15) is 13.2 Å². The van der Waals surface area contributed by atoms with Crippen LogP contribution in [0.1, 0.15) is 49.4 Å². The molecule has 2 fully saturated rings. The second-order valence-electron chi connectivity index (χ2n) is 7.00. The average molecular weight is 409 g/mol. The molecule has 4 rings (SSSR count). The maximum atomic E-state index is 12.9. The Bertz CT molecular complexity index is 900. The van der Waals surface area contributed by atoms with Crippen LogP contribution in [-0.2, 0) is 6.18 Å². The number of carbonyl (C=O) groups excluding carboxylic acids is 2. The van der Waals surface area contributed by atoms with Gasteiger partial charge in [-0.25, -0.2) is 4.98 Å². The second-order valence-corrected chi connectivity index (χ2v) is 8.06. The SMILES string of the molecule is O=C(c1cccc(C(F)(F)F)c1)N1CCN(C(=O)c2cnc(C3CC3)s2)CC1.